The number of rotatable bonds is 4. The molecule has 1 fully saturated rings. The van der Waals surface area contributed by atoms with Crippen molar-refractivity contribution in [1.29, 1.82) is 0 Å². The van der Waals surface area contributed by atoms with Gasteiger partial charge in [-0.25, -0.2) is 4.39 Å². The van der Waals surface area contributed by atoms with E-state index >= 15 is 0 Å². The minimum absolute atomic E-state index is 0.103. The van der Waals surface area contributed by atoms with Crippen molar-refractivity contribution in [2.45, 2.75) is 6.04 Å². The molecule has 2 aromatic carbocycles. The summed E-state index contributed by atoms with van der Waals surface area (Å²) in [5.74, 6) is -1.66. The second kappa shape index (κ2) is 6.87. The quantitative estimate of drug-likeness (QED) is 0.499. The van der Waals surface area contributed by atoms with E-state index in [2.05, 4.69) is 5.32 Å². The fourth-order valence-corrected chi connectivity index (χ4v) is 2.81. The van der Waals surface area contributed by atoms with E-state index < -0.39 is 23.5 Å². The standard InChI is InChI=1S/C19H16FNO5/c1-25-13-8-5-11(9-14(13)26-2)17(22)15-16(21-19(24)18(15)23)10-3-6-12(20)7-4-10/h3-9,16,22H,1-2H3,(H,21,24). The molecule has 1 heterocycles. The highest BCUT2D eigenvalue weighted by Gasteiger charge is 2.39. The highest BCUT2D eigenvalue weighted by Crippen LogP contribution is 2.35. The van der Waals surface area contributed by atoms with Gasteiger partial charge in [0.05, 0.1) is 25.8 Å². The lowest BCUT2D eigenvalue weighted by atomic mass is 9.95. The van der Waals surface area contributed by atoms with Crippen molar-refractivity contribution in [3.8, 4) is 11.5 Å². The Morgan fingerprint density at radius 1 is 1.04 bits per heavy atom. The molecule has 1 aliphatic rings. The molecule has 0 spiro atoms. The number of carbonyl (C=O) groups excluding carboxylic acids is 2. The molecule has 2 N–H and O–H groups in total. The molecule has 2 aromatic rings. The number of hydrogen-bond acceptors (Lipinski definition) is 5. The molecule has 1 atom stereocenters. The van der Waals surface area contributed by atoms with Crippen molar-refractivity contribution in [1.82, 2.24) is 5.32 Å². The third kappa shape index (κ3) is 2.99. The van der Waals surface area contributed by atoms with Crippen LogP contribution < -0.4 is 14.8 Å². The van der Waals surface area contributed by atoms with Gasteiger partial charge in [0, 0.05) is 5.56 Å². The van der Waals surface area contributed by atoms with Gasteiger partial charge in [-0.3, -0.25) is 9.59 Å². The summed E-state index contributed by atoms with van der Waals surface area (Å²) >= 11 is 0. The molecule has 1 unspecified atom stereocenters. The van der Waals surface area contributed by atoms with E-state index in [1.165, 1.54) is 44.6 Å². The highest BCUT2D eigenvalue weighted by molar-refractivity contribution is 6.46. The van der Waals surface area contributed by atoms with Gasteiger partial charge < -0.3 is 19.9 Å². The number of amides is 1. The second-order valence-electron chi connectivity index (χ2n) is 5.62. The number of ketones is 1. The number of halogens is 1. The van der Waals surface area contributed by atoms with E-state index in [0.29, 0.717) is 17.1 Å². The lowest BCUT2D eigenvalue weighted by molar-refractivity contribution is -0.133. The Morgan fingerprint density at radius 2 is 1.69 bits per heavy atom. The SMILES string of the molecule is COc1ccc(C(O)=C2C(=O)C(=O)NC2c2ccc(F)cc2)cc1OC. The summed E-state index contributed by atoms with van der Waals surface area (Å²) in [6.45, 7) is 0. The zero-order valence-electron chi connectivity index (χ0n) is 14.1. The number of aliphatic hydroxyl groups excluding tert-OH is 1. The van der Waals surface area contributed by atoms with Gasteiger partial charge in [-0.15, -0.1) is 0 Å². The lowest BCUT2D eigenvalue weighted by Crippen LogP contribution is -2.21. The molecule has 0 bridgehead atoms. The summed E-state index contributed by atoms with van der Waals surface area (Å²) < 4.78 is 23.5. The smallest absolute Gasteiger partial charge is 0.293 e. The average molecular weight is 357 g/mol. The van der Waals surface area contributed by atoms with Crippen LogP contribution in [0.2, 0.25) is 0 Å². The van der Waals surface area contributed by atoms with E-state index in [4.69, 9.17) is 9.47 Å². The van der Waals surface area contributed by atoms with E-state index in [9.17, 15) is 19.1 Å². The number of aliphatic hydroxyl groups is 1. The first-order valence-electron chi connectivity index (χ1n) is 7.72. The number of methoxy groups -OCH3 is 2. The summed E-state index contributed by atoms with van der Waals surface area (Å²) in [6.07, 6.45) is 0. The van der Waals surface area contributed by atoms with Crippen molar-refractivity contribution in [3.05, 3.63) is 65.0 Å². The third-order valence-electron chi connectivity index (χ3n) is 4.13. The first-order chi connectivity index (χ1) is 12.5. The van der Waals surface area contributed by atoms with Crippen molar-refractivity contribution >= 4 is 17.4 Å². The molecular formula is C19H16FNO5. The number of ether oxygens (including phenoxy) is 2. The van der Waals surface area contributed by atoms with Crippen LogP contribution in [-0.2, 0) is 9.59 Å². The van der Waals surface area contributed by atoms with Gasteiger partial charge in [-0.2, -0.15) is 0 Å². The molecule has 1 saturated heterocycles. The monoisotopic (exact) mass is 357 g/mol. The lowest BCUT2D eigenvalue weighted by Gasteiger charge is -2.14. The van der Waals surface area contributed by atoms with Crippen LogP contribution in [0.4, 0.5) is 4.39 Å². The summed E-state index contributed by atoms with van der Waals surface area (Å²) in [5.41, 5.74) is 0.663. The highest BCUT2D eigenvalue weighted by atomic mass is 19.1. The zero-order chi connectivity index (χ0) is 18.8. The predicted octanol–water partition coefficient (Wildman–Crippen LogP) is 2.55. The Kier molecular flexibility index (Phi) is 4.62. The molecule has 6 nitrogen and oxygen atoms in total. The maximum absolute atomic E-state index is 13.2. The Morgan fingerprint density at radius 3 is 2.31 bits per heavy atom. The molecular weight excluding hydrogens is 341 g/mol. The molecule has 3 rings (SSSR count). The Bertz CT molecular complexity index is 905. The Labute approximate surface area is 148 Å². The van der Waals surface area contributed by atoms with E-state index in [1.54, 1.807) is 12.1 Å². The topological polar surface area (TPSA) is 84.9 Å². The van der Waals surface area contributed by atoms with E-state index in [1.807, 2.05) is 0 Å². The first-order valence-corrected chi connectivity index (χ1v) is 7.72. The molecule has 26 heavy (non-hydrogen) atoms. The van der Waals surface area contributed by atoms with Gasteiger partial charge in [-0.05, 0) is 35.9 Å². The van der Waals surface area contributed by atoms with Crippen molar-refractivity contribution in [2.24, 2.45) is 0 Å². The number of carbonyl (C=O) groups is 2. The number of hydrogen-bond donors (Lipinski definition) is 2. The molecule has 0 radical (unpaired) electrons. The number of benzene rings is 2. The maximum atomic E-state index is 13.2. The van der Waals surface area contributed by atoms with Crippen molar-refractivity contribution < 1.29 is 28.6 Å². The van der Waals surface area contributed by atoms with Gasteiger partial charge in [0.1, 0.15) is 11.6 Å². The fraction of sp³-hybridized carbons (Fsp3) is 0.158. The summed E-state index contributed by atoms with van der Waals surface area (Å²) in [7, 11) is 2.92. The van der Waals surface area contributed by atoms with E-state index in [0.717, 1.165) is 0 Å². The zero-order valence-corrected chi connectivity index (χ0v) is 14.1. The third-order valence-corrected chi connectivity index (χ3v) is 4.13. The molecule has 0 aromatic heterocycles. The molecule has 1 amide bonds. The molecule has 134 valence electrons. The molecule has 1 aliphatic heterocycles. The van der Waals surface area contributed by atoms with Crippen LogP contribution in [0.5, 0.6) is 11.5 Å². The number of nitrogens with one attached hydrogen (secondary N) is 1. The van der Waals surface area contributed by atoms with Crippen molar-refractivity contribution in [3.63, 3.8) is 0 Å². The van der Waals surface area contributed by atoms with Crippen LogP contribution in [0, 0.1) is 5.82 Å². The van der Waals surface area contributed by atoms with Gasteiger partial charge in [0.2, 0.25) is 0 Å². The van der Waals surface area contributed by atoms with Crippen LogP contribution in [0.3, 0.4) is 0 Å². The normalized spacial score (nSPS) is 18.5. The Balaban J connectivity index is 2.11. The van der Waals surface area contributed by atoms with Gasteiger partial charge >= 0.3 is 0 Å². The van der Waals surface area contributed by atoms with Crippen LogP contribution in [0.1, 0.15) is 17.2 Å². The average Bonchev–Trinajstić information content (AvgIpc) is 2.96. The summed E-state index contributed by atoms with van der Waals surface area (Å²) in [5, 5.41) is 13.2. The van der Waals surface area contributed by atoms with Crippen molar-refractivity contribution in [2.75, 3.05) is 14.2 Å². The van der Waals surface area contributed by atoms with Gasteiger partial charge in [-0.1, -0.05) is 12.1 Å². The minimum Gasteiger partial charge on any atom is -0.507 e. The van der Waals surface area contributed by atoms with Crippen LogP contribution in [0.15, 0.2) is 48.0 Å². The van der Waals surface area contributed by atoms with Crippen LogP contribution in [0.25, 0.3) is 5.76 Å². The summed E-state index contributed by atoms with van der Waals surface area (Å²) in [4.78, 5) is 24.2. The first kappa shape index (κ1) is 17.5. The fourth-order valence-electron chi connectivity index (χ4n) is 2.81. The second-order valence-corrected chi connectivity index (χ2v) is 5.62. The summed E-state index contributed by atoms with van der Waals surface area (Å²) in [6, 6.07) is 9.07. The minimum atomic E-state index is -0.872. The maximum Gasteiger partial charge on any atom is 0.293 e. The van der Waals surface area contributed by atoms with Crippen LogP contribution >= 0.6 is 0 Å². The predicted molar refractivity (Wildman–Crippen MR) is 91.4 cm³/mol. The molecule has 0 saturated carbocycles. The number of Topliss-reactive ketones (excluding diaryl/α,β-unsaturated/α-hetero) is 1. The molecule has 7 heteroatoms. The molecule has 0 aliphatic carbocycles. The largest absolute Gasteiger partial charge is 0.507 e. The van der Waals surface area contributed by atoms with E-state index in [-0.39, 0.29) is 16.9 Å². The van der Waals surface area contributed by atoms with Gasteiger partial charge in [0.15, 0.2) is 11.5 Å². The Hall–Kier alpha value is -3.35. The van der Waals surface area contributed by atoms with Gasteiger partial charge in [0.25, 0.3) is 11.7 Å². The van der Waals surface area contributed by atoms with Crippen LogP contribution in [-0.4, -0.2) is 31.0 Å².